The van der Waals surface area contributed by atoms with Gasteiger partial charge in [-0.1, -0.05) is 24.8 Å². The van der Waals surface area contributed by atoms with E-state index in [2.05, 4.69) is 11.3 Å². The van der Waals surface area contributed by atoms with Crippen LogP contribution < -0.4 is 9.47 Å². The van der Waals surface area contributed by atoms with Crippen molar-refractivity contribution in [2.24, 2.45) is 0 Å². The monoisotopic (exact) mass is 449 g/mol. The molecule has 0 bridgehead atoms. The van der Waals surface area contributed by atoms with Crippen molar-refractivity contribution in [3.8, 4) is 11.5 Å². The molecule has 3 rings (SSSR count). The first-order valence-electron chi connectivity index (χ1n) is 10.9. The fraction of sp³-hybridized carbons (Fsp3) is 0.480. The van der Waals surface area contributed by atoms with Crippen LogP contribution in [0.15, 0.2) is 36.9 Å². The van der Waals surface area contributed by atoms with Crippen molar-refractivity contribution in [3.63, 3.8) is 0 Å². The van der Waals surface area contributed by atoms with Gasteiger partial charge >= 0.3 is 6.36 Å². The minimum Gasteiger partial charge on any atom is -0.489 e. The molecule has 7 heteroatoms. The molecule has 0 N–H and O–H groups in total. The second-order valence-electron chi connectivity index (χ2n) is 8.22. The third-order valence-corrected chi connectivity index (χ3v) is 6.02. The SMILES string of the molecule is C=CCOc1c(C)c(C)nc(COC2CCC(c3ccc(OC(F)(F)F)cc3)CC2)c1C. The summed E-state index contributed by atoms with van der Waals surface area (Å²) in [5.41, 5.74) is 4.86. The largest absolute Gasteiger partial charge is 0.573 e. The summed E-state index contributed by atoms with van der Waals surface area (Å²) in [6, 6.07) is 6.21. The molecule has 0 saturated heterocycles. The van der Waals surface area contributed by atoms with Crippen LogP contribution in [0, 0.1) is 20.8 Å². The van der Waals surface area contributed by atoms with E-state index in [-0.39, 0.29) is 11.9 Å². The first-order chi connectivity index (χ1) is 15.2. The predicted molar refractivity (Wildman–Crippen MR) is 117 cm³/mol. The zero-order valence-electron chi connectivity index (χ0n) is 18.8. The van der Waals surface area contributed by atoms with Crippen LogP contribution in [0.3, 0.4) is 0 Å². The van der Waals surface area contributed by atoms with Gasteiger partial charge in [0.15, 0.2) is 0 Å². The number of halogens is 3. The summed E-state index contributed by atoms with van der Waals surface area (Å²) < 4.78 is 53.0. The summed E-state index contributed by atoms with van der Waals surface area (Å²) in [5.74, 6) is 0.971. The highest BCUT2D eigenvalue weighted by Gasteiger charge is 2.31. The molecule has 0 amide bonds. The number of benzene rings is 1. The second kappa shape index (κ2) is 10.4. The number of pyridine rings is 1. The molecule has 32 heavy (non-hydrogen) atoms. The normalized spacial score (nSPS) is 18.9. The highest BCUT2D eigenvalue weighted by molar-refractivity contribution is 5.44. The van der Waals surface area contributed by atoms with Crippen molar-refractivity contribution in [2.75, 3.05) is 6.61 Å². The second-order valence-corrected chi connectivity index (χ2v) is 8.22. The summed E-state index contributed by atoms with van der Waals surface area (Å²) in [4.78, 5) is 4.70. The molecule has 0 aliphatic heterocycles. The predicted octanol–water partition coefficient (Wildman–Crippen LogP) is 6.71. The summed E-state index contributed by atoms with van der Waals surface area (Å²) in [6.07, 6.45) is 0.844. The average molecular weight is 450 g/mol. The molecule has 174 valence electrons. The van der Waals surface area contributed by atoms with Crippen LogP contribution in [0.1, 0.15) is 59.7 Å². The van der Waals surface area contributed by atoms with Gasteiger partial charge in [0, 0.05) is 16.8 Å². The van der Waals surface area contributed by atoms with Gasteiger partial charge in [-0.3, -0.25) is 4.98 Å². The minimum atomic E-state index is -4.67. The number of alkyl halides is 3. The maximum absolute atomic E-state index is 12.3. The van der Waals surface area contributed by atoms with Crippen molar-refractivity contribution < 1.29 is 27.4 Å². The van der Waals surface area contributed by atoms with Gasteiger partial charge in [-0.25, -0.2) is 0 Å². The Hall–Kier alpha value is -2.54. The molecule has 1 fully saturated rings. The Morgan fingerprint density at radius 3 is 2.28 bits per heavy atom. The molecular weight excluding hydrogens is 419 g/mol. The third kappa shape index (κ3) is 6.25. The highest BCUT2D eigenvalue weighted by Crippen LogP contribution is 2.36. The molecule has 0 spiro atoms. The van der Waals surface area contributed by atoms with E-state index in [0.717, 1.165) is 59.5 Å². The quantitative estimate of drug-likeness (QED) is 0.420. The highest BCUT2D eigenvalue weighted by atomic mass is 19.4. The van der Waals surface area contributed by atoms with Gasteiger partial charge in [0.05, 0.1) is 18.4 Å². The van der Waals surface area contributed by atoms with Crippen LogP contribution in [0.5, 0.6) is 11.5 Å². The molecule has 0 atom stereocenters. The van der Waals surface area contributed by atoms with Gasteiger partial charge in [-0.2, -0.15) is 0 Å². The van der Waals surface area contributed by atoms with Crippen LogP contribution in [0.4, 0.5) is 13.2 Å². The number of rotatable bonds is 8. The summed E-state index contributed by atoms with van der Waals surface area (Å²) >= 11 is 0. The van der Waals surface area contributed by atoms with Gasteiger partial charge in [0.25, 0.3) is 0 Å². The number of aromatic nitrogens is 1. The van der Waals surface area contributed by atoms with Gasteiger partial charge in [0.1, 0.15) is 18.1 Å². The summed E-state index contributed by atoms with van der Waals surface area (Å²) in [7, 11) is 0. The molecule has 1 aliphatic rings. The lowest BCUT2D eigenvalue weighted by atomic mass is 9.83. The molecule has 1 aromatic heterocycles. The zero-order valence-corrected chi connectivity index (χ0v) is 18.8. The first-order valence-corrected chi connectivity index (χ1v) is 10.9. The van der Waals surface area contributed by atoms with Crippen LogP contribution in [0.25, 0.3) is 0 Å². The molecule has 1 saturated carbocycles. The molecule has 0 unspecified atom stereocenters. The molecule has 1 aromatic carbocycles. The van der Waals surface area contributed by atoms with Gasteiger partial charge in [-0.15, -0.1) is 13.2 Å². The molecule has 2 aromatic rings. The zero-order chi connectivity index (χ0) is 23.3. The van der Waals surface area contributed by atoms with Crippen LogP contribution in [-0.2, 0) is 11.3 Å². The Labute approximate surface area is 187 Å². The number of nitrogens with zero attached hydrogens (tertiary/aromatic N) is 1. The Morgan fingerprint density at radius 1 is 1.03 bits per heavy atom. The Bertz CT molecular complexity index is 918. The first kappa shape index (κ1) is 24.1. The fourth-order valence-electron chi connectivity index (χ4n) is 4.15. The fourth-order valence-corrected chi connectivity index (χ4v) is 4.15. The van der Waals surface area contributed by atoms with Crippen molar-refractivity contribution in [1.82, 2.24) is 4.98 Å². The number of hydrogen-bond donors (Lipinski definition) is 0. The smallest absolute Gasteiger partial charge is 0.489 e. The maximum Gasteiger partial charge on any atom is 0.573 e. The van der Waals surface area contributed by atoms with E-state index in [1.54, 1.807) is 18.2 Å². The lowest BCUT2D eigenvalue weighted by Crippen LogP contribution is -2.21. The maximum atomic E-state index is 12.3. The number of ether oxygens (including phenoxy) is 3. The minimum absolute atomic E-state index is 0.138. The Kier molecular flexibility index (Phi) is 7.82. The van der Waals surface area contributed by atoms with E-state index in [1.807, 2.05) is 20.8 Å². The van der Waals surface area contributed by atoms with E-state index >= 15 is 0 Å². The van der Waals surface area contributed by atoms with E-state index < -0.39 is 6.36 Å². The molecule has 1 heterocycles. The topological polar surface area (TPSA) is 40.6 Å². The number of aryl methyl sites for hydroxylation is 1. The molecular formula is C25H30F3NO3. The van der Waals surface area contributed by atoms with E-state index in [1.165, 1.54) is 12.1 Å². The molecule has 0 radical (unpaired) electrons. The van der Waals surface area contributed by atoms with E-state index in [0.29, 0.717) is 19.1 Å². The lowest BCUT2D eigenvalue weighted by molar-refractivity contribution is -0.274. The van der Waals surface area contributed by atoms with Crippen LogP contribution in [0.2, 0.25) is 0 Å². The van der Waals surface area contributed by atoms with Crippen LogP contribution >= 0.6 is 0 Å². The van der Waals surface area contributed by atoms with Gasteiger partial charge < -0.3 is 14.2 Å². The van der Waals surface area contributed by atoms with Crippen molar-refractivity contribution >= 4 is 0 Å². The third-order valence-electron chi connectivity index (χ3n) is 6.02. The lowest BCUT2D eigenvalue weighted by Gasteiger charge is -2.29. The summed E-state index contributed by atoms with van der Waals surface area (Å²) in [5, 5.41) is 0. The molecule has 1 aliphatic carbocycles. The van der Waals surface area contributed by atoms with Gasteiger partial charge in [-0.05, 0) is 70.1 Å². The number of hydrogen-bond acceptors (Lipinski definition) is 4. The van der Waals surface area contributed by atoms with Crippen molar-refractivity contribution in [3.05, 3.63) is 65.0 Å². The van der Waals surface area contributed by atoms with Crippen molar-refractivity contribution in [1.29, 1.82) is 0 Å². The standard InChI is InChI=1S/C25H30F3NO3/c1-5-14-30-24-16(2)18(4)29-23(17(24)3)15-31-21-10-6-19(7-11-21)20-8-12-22(13-9-20)32-25(26,27)28/h5,8-9,12-13,19,21H,1,6-7,10-11,14-15H2,2-4H3. The molecule has 4 nitrogen and oxygen atoms in total. The van der Waals surface area contributed by atoms with E-state index in [4.69, 9.17) is 14.5 Å². The van der Waals surface area contributed by atoms with Gasteiger partial charge in [0.2, 0.25) is 0 Å². The van der Waals surface area contributed by atoms with Crippen LogP contribution in [-0.4, -0.2) is 24.1 Å². The van der Waals surface area contributed by atoms with E-state index in [9.17, 15) is 13.2 Å². The summed E-state index contributed by atoms with van der Waals surface area (Å²) in [6.45, 7) is 10.5. The Balaban J connectivity index is 1.54. The Morgan fingerprint density at radius 2 is 1.69 bits per heavy atom. The average Bonchev–Trinajstić information content (AvgIpc) is 2.75. The van der Waals surface area contributed by atoms with Crippen molar-refractivity contribution in [2.45, 2.75) is 71.4 Å².